The van der Waals surface area contributed by atoms with Gasteiger partial charge < -0.3 is 11.1 Å². The SMILES string of the molecule is NCC1CCCCC1NC(=O)Cn1cnnn1. The third kappa shape index (κ3) is 3.23. The van der Waals surface area contributed by atoms with E-state index in [0.717, 1.165) is 19.3 Å². The van der Waals surface area contributed by atoms with Crippen molar-refractivity contribution in [3.63, 3.8) is 0 Å². The van der Waals surface area contributed by atoms with Crippen molar-refractivity contribution in [2.45, 2.75) is 38.3 Å². The summed E-state index contributed by atoms with van der Waals surface area (Å²) in [5.41, 5.74) is 5.72. The van der Waals surface area contributed by atoms with Crippen molar-refractivity contribution in [1.82, 2.24) is 25.5 Å². The van der Waals surface area contributed by atoms with Gasteiger partial charge in [0.25, 0.3) is 0 Å². The highest BCUT2D eigenvalue weighted by Crippen LogP contribution is 2.23. The second kappa shape index (κ2) is 5.72. The van der Waals surface area contributed by atoms with E-state index >= 15 is 0 Å². The average Bonchev–Trinajstić information content (AvgIpc) is 2.82. The summed E-state index contributed by atoms with van der Waals surface area (Å²) in [6, 6.07) is 0.206. The van der Waals surface area contributed by atoms with Crippen LogP contribution in [0.25, 0.3) is 0 Å². The van der Waals surface area contributed by atoms with E-state index in [4.69, 9.17) is 5.73 Å². The summed E-state index contributed by atoms with van der Waals surface area (Å²) < 4.78 is 1.41. The minimum atomic E-state index is -0.0531. The monoisotopic (exact) mass is 238 g/mol. The first-order chi connectivity index (χ1) is 8.29. The van der Waals surface area contributed by atoms with Crippen LogP contribution < -0.4 is 11.1 Å². The van der Waals surface area contributed by atoms with Gasteiger partial charge in [0.2, 0.25) is 5.91 Å². The van der Waals surface area contributed by atoms with E-state index in [2.05, 4.69) is 20.8 Å². The van der Waals surface area contributed by atoms with Crippen LogP contribution in [-0.2, 0) is 11.3 Å². The zero-order valence-corrected chi connectivity index (χ0v) is 9.75. The number of tetrazole rings is 1. The van der Waals surface area contributed by atoms with Gasteiger partial charge in [-0.2, -0.15) is 0 Å². The first-order valence-corrected chi connectivity index (χ1v) is 6.00. The molecule has 1 saturated carbocycles. The molecule has 1 amide bonds. The van der Waals surface area contributed by atoms with E-state index in [1.165, 1.54) is 17.4 Å². The van der Waals surface area contributed by atoms with Gasteiger partial charge in [0.05, 0.1) is 0 Å². The van der Waals surface area contributed by atoms with E-state index in [1.807, 2.05) is 0 Å². The van der Waals surface area contributed by atoms with Crippen molar-refractivity contribution < 1.29 is 4.79 Å². The molecule has 0 aromatic carbocycles. The van der Waals surface area contributed by atoms with Crippen molar-refractivity contribution >= 4 is 5.91 Å². The highest BCUT2D eigenvalue weighted by molar-refractivity contribution is 5.75. The highest BCUT2D eigenvalue weighted by atomic mass is 16.2. The summed E-state index contributed by atoms with van der Waals surface area (Å²) in [6.07, 6.45) is 5.92. The second-order valence-electron chi connectivity index (χ2n) is 4.46. The van der Waals surface area contributed by atoms with Crippen LogP contribution in [0, 0.1) is 5.92 Å². The smallest absolute Gasteiger partial charge is 0.242 e. The van der Waals surface area contributed by atoms with Gasteiger partial charge in [0.1, 0.15) is 12.9 Å². The summed E-state index contributed by atoms with van der Waals surface area (Å²) in [4.78, 5) is 11.8. The van der Waals surface area contributed by atoms with Crippen LogP contribution in [0.15, 0.2) is 6.33 Å². The molecule has 1 aromatic rings. The summed E-state index contributed by atoms with van der Waals surface area (Å²) >= 11 is 0. The topological polar surface area (TPSA) is 98.7 Å². The van der Waals surface area contributed by atoms with Crippen molar-refractivity contribution in [2.75, 3.05) is 6.54 Å². The van der Waals surface area contributed by atoms with Crippen molar-refractivity contribution in [1.29, 1.82) is 0 Å². The van der Waals surface area contributed by atoms with E-state index in [1.54, 1.807) is 0 Å². The second-order valence-corrected chi connectivity index (χ2v) is 4.46. The Kier molecular flexibility index (Phi) is 4.03. The molecule has 94 valence electrons. The number of carbonyl (C=O) groups excluding carboxylic acids is 1. The molecule has 2 atom stereocenters. The molecule has 2 rings (SSSR count). The lowest BCUT2D eigenvalue weighted by atomic mass is 9.84. The Balaban J connectivity index is 1.84. The molecule has 1 aliphatic rings. The molecule has 0 spiro atoms. The predicted octanol–water partition coefficient (Wildman–Crippen LogP) is -0.693. The number of hydrogen-bond acceptors (Lipinski definition) is 5. The minimum absolute atomic E-state index is 0.0531. The number of amides is 1. The molecule has 1 fully saturated rings. The van der Waals surface area contributed by atoms with Crippen molar-refractivity contribution in [3.05, 3.63) is 6.33 Å². The Morgan fingerprint density at radius 3 is 3.00 bits per heavy atom. The van der Waals surface area contributed by atoms with Gasteiger partial charge in [0.15, 0.2) is 0 Å². The summed E-state index contributed by atoms with van der Waals surface area (Å²) in [7, 11) is 0. The fourth-order valence-electron chi connectivity index (χ4n) is 2.33. The lowest BCUT2D eigenvalue weighted by molar-refractivity contribution is -0.123. The first kappa shape index (κ1) is 12.0. The van der Waals surface area contributed by atoms with E-state index in [0.29, 0.717) is 12.5 Å². The fourth-order valence-corrected chi connectivity index (χ4v) is 2.33. The van der Waals surface area contributed by atoms with Gasteiger partial charge >= 0.3 is 0 Å². The number of nitrogens with two attached hydrogens (primary N) is 1. The quantitative estimate of drug-likeness (QED) is 0.723. The fraction of sp³-hybridized carbons (Fsp3) is 0.800. The van der Waals surface area contributed by atoms with Gasteiger partial charge in [-0.3, -0.25) is 4.79 Å². The van der Waals surface area contributed by atoms with Gasteiger partial charge in [0, 0.05) is 6.04 Å². The maximum absolute atomic E-state index is 11.8. The molecular weight excluding hydrogens is 220 g/mol. The number of rotatable bonds is 4. The van der Waals surface area contributed by atoms with Crippen LogP contribution in [0.1, 0.15) is 25.7 Å². The molecule has 0 radical (unpaired) electrons. The largest absolute Gasteiger partial charge is 0.351 e. The minimum Gasteiger partial charge on any atom is -0.351 e. The molecule has 1 heterocycles. The number of aromatic nitrogens is 4. The molecule has 0 bridgehead atoms. The van der Waals surface area contributed by atoms with Crippen LogP contribution in [0.4, 0.5) is 0 Å². The molecule has 0 aliphatic heterocycles. The third-order valence-electron chi connectivity index (χ3n) is 3.26. The molecule has 0 saturated heterocycles. The molecule has 3 N–H and O–H groups in total. The van der Waals surface area contributed by atoms with Gasteiger partial charge in [-0.1, -0.05) is 12.8 Å². The maximum Gasteiger partial charge on any atom is 0.242 e. The molecular formula is C10H18N6O. The van der Waals surface area contributed by atoms with E-state index in [-0.39, 0.29) is 18.5 Å². The Morgan fingerprint density at radius 2 is 2.29 bits per heavy atom. The zero-order valence-electron chi connectivity index (χ0n) is 9.75. The van der Waals surface area contributed by atoms with Crippen molar-refractivity contribution in [3.8, 4) is 0 Å². The molecule has 1 aromatic heterocycles. The van der Waals surface area contributed by atoms with Crippen LogP contribution in [0.5, 0.6) is 0 Å². The molecule has 7 heteroatoms. The number of carbonyl (C=O) groups is 1. The van der Waals surface area contributed by atoms with E-state index in [9.17, 15) is 4.79 Å². The third-order valence-corrected chi connectivity index (χ3v) is 3.26. The molecule has 7 nitrogen and oxygen atoms in total. The van der Waals surface area contributed by atoms with Gasteiger partial charge in [-0.05, 0) is 35.7 Å². The predicted molar refractivity (Wildman–Crippen MR) is 60.8 cm³/mol. The van der Waals surface area contributed by atoms with Crippen LogP contribution in [-0.4, -0.2) is 38.7 Å². The summed E-state index contributed by atoms with van der Waals surface area (Å²) in [5.74, 6) is 0.351. The normalized spacial score (nSPS) is 24.5. The Morgan fingerprint density at radius 1 is 1.47 bits per heavy atom. The Bertz CT molecular complexity index is 352. The van der Waals surface area contributed by atoms with Crippen LogP contribution in [0.3, 0.4) is 0 Å². The number of nitrogens with one attached hydrogen (secondary N) is 1. The molecule has 17 heavy (non-hydrogen) atoms. The van der Waals surface area contributed by atoms with Crippen LogP contribution in [0.2, 0.25) is 0 Å². The average molecular weight is 238 g/mol. The van der Waals surface area contributed by atoms with E-state index < -0.39 is 0 Å². The maximum atomic E-state index is 11.8. The lowest BCUT2D eigenvalue weighted by Crippen LogP contribution is -2.45. The van der Waals surface area contributed by atoms with Gasteiger partial charge in [-0.25, -0.2) is 4.68 Å². The van der Waals surface area contributed by atoms with Crippen molar-refractivity contribution in [2.24, 2.45) is 11.7 Å². The Labute approximate surface area is 99.7 Å². The highest BCUT2D eigenvalue weighted by Gasteiger charge is 2.25. The molecule has 2 unspecified atom stereocenters. The van der Waals surface area contributed by atoms with Gasteiger partial charge in [-0.15, -0.1) is 5.10 Å². The standard InChI is InChI=1S/C10H18N6O/c11-5-8-3-1-2-4-9(8)13-10(17)6-16-7-12-14-15-16/h7-9H,1-6,11H2,(H,13,17). The van der Waals surface area contributed by atoms with Crippen LogP contribution >= 0.6 is 0 Å². The summed E-state index contributed by atoms with van der Waals surface area (Å²) in [6.45, 7) is 0.802. The number of nitrogens with zero attached hydrogens (tertiary/aromatic N) is 4. The lowest BCUT2D eigenvalue weighted by Gasteiger charge is -2.31. The number of hydrogen-bond donors (Lipinski definition) is 2. The zero-order chi connectivity index (χ0) is 12.1. The first-order valence-electron chi connectivity index (χ1n) is 6.00. The summed E-state index contributed by atoms with van der Waals surface area (Å²) in [5, 5.41) is 13.7. The Hall–Kier alpha value is -1.50. The molecule has 1 aliphatic carbocycles.